The van der Waals surface area contributed by atoms with Crippen LogP contribution in [0.1, 0.15) is 24.0 Å². The van der Waals surface area contributed by atoms with Crippen LogP contribution in [0.4, 0.5) is 0 Å². The molecule has 1 aliphatic rings. The average molecular weight is 332 g/mol. The van der Waals surface area contributed by atoms with E-state index < -0.39 is 15.2 Å². The largest absolute Gasteiger partial charge is 0.465 e. The van der Waals surface area contributed by atoms with Gasteiger partial charge in [0, 0.05) is 36.4 Å². The highest BCUT2D eigenvalue weighted by molar-refractivity contribution is 8.00. The number of furan rings is 1. The van der Waals surface area contributed by atoms with Gasteiger partial charge in [0.25, 0.3) is 0 Å². The zero-order chi connectivity index (χ0) is 15.5. The molecule has 0 bridgehead atoms. The molecule has 1 atom stereocenters. The number of rotatable bonds is 6. The molecule has 0 radical (unpaired) electrons. The summed E-state index contributed by atoms with van der Waals surface area (Å²) in [6.45, 7) is 7.07. The van der Waals surface area contributed by atoms with Crippen molar-refractivity contribution in [2.75, 3.05) is 30.9 Å². The molecular weight excluding hydrogens is 308 g/mol. The van der Waals surface area contributed by atoms with Gasteiger partial charge in [-0.25, -0.2) is 8.42 Å². The molecule has 7 heteroatoms. The van der Waals surface area contributed by atoms with Crippen molar-refractivity contribution in [1.82, 2.24) is 10.2 Å². The van der Waals surface area contributed by atoms with Gasteiger partial charge in [-0.05, 0) is 19.5 Å². The third-order valence-electron chi connectivity index (χ3n) is 3.68. The minimum absolute atomic E-state index is 0.404. The molecule has 1 saturated heterocycles. The maximum absolute atomic E-state index is 11.9. The summed E-state index contributed by atoms with van der Waals surface area (Å²) in [6.07, 6.45) is 1.32. The Morgan fingerprint density at radius 2 is 2.29 bits per heavy atom. The molecule has 120 valence electrons. The van der Waals surface area contributed by atoms with Gasteiger partial charge in [-0.2, -0.15) is 11.8 Å². The molecule has 2 rings (SSSR count). The summed E-state index contributed by atoms with van der Waals surface area (Å²) in [6, 6.07) is 2.04. The number of aryl methyl sites for hydroxylation is 1. The average Bonchev–Trinajstić information content (AvgIpc) is 2.76. The normalized spacial score (nSPS) is 20.8. The highest BCUT2D eigenvalue weighted by atomic mass is 32.2. The minimum Gasteiger partial charge on any atom is -0.465 e. The van der Waals surface area contributed by atoms with E-state index >= 15 is 0 Å². The van der Waals surface area contributed by atoms with Crippen LogP contribution in [0.15, 0.2) is 10.5 Å². The van der Waals surface area contributed by atoms with Crippen molar-refractivity contribution in [3.63, 3.8) is 0 Å². The molecule has 1 unspecified atom stereocenters. The van der Waals surface area contributed by atoms with Gasteiger partial charge < -0.3 is 9.73 Å². The van der Waals surface area contributed by atoms with Crippen molar-refractivity contribution in [2.24, 2.45) is 0 Å². The van der Waals surface area contributed by atoms with Crippen LogP contribution >= 0.6 is 11.8 Å². The molecule has 21 heavy (non-hydrogen) atoms. The van der Waals surface area contributed by atoms with Crippen LogP contribution < -0.4 is 5.32 Å². The van der Waals surface area contributed by atoms with E-state index in [-0.39, 0.29) is 0 Å². The Morgan fingerprint density at radius 3 is 2.95 bits per heavy atom. The highest BCUT2D eigenvalue weighted by Gasteiger charge is 2.31. The molecule has 1 fully saturated rings. The smallest absolute Gasteiger partial charge is 0.164 e. The first-order valence-corrected chi connectivity index (χ1v) is 10.3. The van der Waals surface area contributed by atoms with E-state index in [9.17, 15) is 8.42 Å². The summed E-state index contributed by atoms with van der Waals surface area (Å²) in [7, 11) is -3.06. The van der Waals surface area contributed by atoms with Crippen LogP contribution in [0.2, 0.25) is 0 Å². The van der Waals surface area contributed by atoms with E-state index in [4.69, 9.17) is 4.42 Å². The van der Waals surface area contributed by atoms with E-state index in [1.54, 1.807) is 11.8 Å². The fourth-order valence-electron chi connectivity index (χ4n) is 2.49. The summed E-state index contributed by atoms with van der Waals surface area (Å²) in [5.41, 5.74) is 1.15. The molecule has 5 nitrogen and oxygen atoms in total. The lowest BCUT2D eigenvalue weighted by Gasteiger charge is -2.33. The summed E-state index contributed by atoms with van der Waals surface area (Å²) < 4.78 is 29.6. The minimum atomic E-state index is -3.06. The zero-order valence-electron chi connectivity index (χ0n) is 12.9. The molecule has 0 spiro atoms. The Kier molecular flexibility index (Phi) is 5.76. The number of sulfone groups is 1. The van der Waals surface area contributed by atoms with E-state index in [1.807, 2.05) is 17.9 Å². The molecule has 1 aromatic rings. The second-order valence-electron chi connectivity index (χ2n) is 5.40. The van der Waals surface area contributed by atoms with Crippen molar-refractivity contribution in [2.45, 2.75) is 32.3 Å². The fourth-order valence-corrected chi connectivity index (χ4v) is 5.43. The van der Waals surface area contributed by atoms with Crippen LogP contribution in [0.5, 0.6) is 0 Å². The lowest BCUT2D eigenvalue weighted by atomic mass is 10.2. The van der Waals surface area contributed by atoms with Crippen molar-refractivity contribution < 1.29 is 12.8 Å². The van der Waals surface area contributed by atoms with Gasteiger partial charge in [0.15, 0.2) is 9.84 Å². The monoisotopic (exact) mass is 332 g/mol. The van der Waals surface area contributed by atoms with Crippen molar-refractivity contribution in [1.29, 1.82) is 0 Å². The third kappa shape index (κ3) is 4.48. The molecule has 0 aromatic carbocycles. The van der Waals surface area contributed by atoms with Crippen LogP contribution in [-0.2, 0) is 22.9 Å². The van der Waals surface area contributed by atoms with Gasteiger partial charge in [-0.15, -0.1) is 0 Å². The van der Waals surface area contributed by atoms with Gasteiger partial charge in [-0.1, -0.05) is 6.92 Å². The van der Waals surface area contributed by atoms with Crippen LogP contribution in [0, 0.1) is 6.92 Å². The first-order chi connectivity index (χ1) is 9.91. The van der Waals surface area contributed by atoms with Gasteiger partial charge in [0.1, 0.15) is 16.9 Å². The summed E-state index contributed by atoms with van der Waals surface area (Å²) in [5, 5.41) is 2.88. The Balaban J connectivity index is 2.09. The highest BCUT2D eigenvalue weighted by Crippen LogP contribution is 2.24. The third-order valence-corrected chi connectivity index (χ3v) is 6.37. The number of nitrogens with one attached hydrogen (secondary N) is 1. The number of nitrogens with zero attached hydrogens (tertiary/aromatic N) is 1. The van der Waals surface area contributed by atoms with Crippen molar-refractivity contribution in [3.8, 4) is 0 Å². The van der Waals surface area contributed by atoms with E-state index in [0.29, 0.717) is 12.3 Å². The lowest BCUT2D eigenvalue weighted by molar-refractivity contribution is 0.239. The second kappa shape index (κ2) is 7.17. The van der Waals surface area contributed by atoms with Crippen LogP contribution in [0.25, 0.3) is 0 Å². The van der Waals surface area contributed by atoms with Gasteiger partial charge in [-0.3, -0.25) is 4.90 Å². The number of thioether (sulfide) groups is 1. The number of hydrogen-bond donors (Lipinski definition) is 1. The predicted octanol–water partition coefficient (Wildman–Crippen LogP) is 1.62. The topological polar surface area (TPSA) is 62.6 Å². The van der Waals surface area contributed by atoms with E-state index in [0.717, 1.165) is 42.5 Å². The molecule has 2 heterocycles. The summed E-state index contributed by atoms with van der Waals surface area (Å²) >= 11 is 1.70. The number of hydrogen-bond acceptors (Lipinski definition) is 6. The summed E-state index contributed by atoms with van der Waals surface area (Å²) in [4.78, 5) is 2.02. The van der Waals surface area contributed by atoms with E-state index in [2.05, 4.69) is 12.2 Å². The molecule has 1 aliphatic heterocycles. The maximum Gasteiger partial charge on any atom is 0.164 e. The zero-order valence-corrected chi connectivity index (χ0v) is 14.5. The van der Waals surface area contributed by atoms with Crippen molar-refractivity contribution >= 4 is 21.6 Å². The van der Waals surface area contributed by atoms with Crippen LogP contribution in [-0.4, -0.2) is 49.5 Å². The Morgan fingerprint density at radius 1 is 1.52 bits per heavy atom. The first-order valence-electron chi connectivity index (χ1n) is 7.21. The Hall–Kier alpha value is -0.500. The predicted molar refractivity (Wildman–Crippen MR) is 87.2 cm³/mol. The molecule has 0 amide bonds. The van der Waals surface area contributed by atoms with E-state index in [1.165, 1.54) is 6.26 Å². The summed E-state index contributed by atoms with van der Waals surface area (Å²) in [5.74, 6) is 3.37. The molecular formula is C14H24N2O3S2. The van der Waals surface area contributed by atoms with Gasteiger partial charge in [0.05, 0.1) is 6.54 Å². The van der Waals surface area contributed by atoms with Gasteiger partial charge in [0.2, 0.25) is 0 Å². The Labute approximate surface area is 131 Å². The lowest BCUT2D eigenvalue weighted by Crippen LogP contribution is -2.46. The first kappa shape index (κ1) is 16.9. The SMILES string of the molecule is CCNCc1cc(CN2CCSCC2S(C)(=O)=O)oc1C. The Bertz CT molecular complexity index is 569. The van der Waals surface area contributed by atoms with Crippen LogP contribution in [0.3, 0.4) is 0 Å². The molecule has 0 saturated carbocycles. The molecule has 0 aliphatic carbocycles. The maximum atomic E-state index is 11.9. The second-order valence-corrected chi connectivity index (χ2v) is 8.76. The van der Waals surface area contributed by atoms with Gasteiger partial charge >= 0.3 is 0 Å². The molecule has 1 N–H and O–H groups in total. The van der Waals surface area contributed by atoms with Crippen molar-refractivity contribution in [3.05, 3.63) is 23.2 Å². The standard InChI is InChI=1S/C14H24N2O3S2/c1-4-15-8-12-7-13(19-11(12)2)9-16-5-6-20-10-14(16)21(3,17)18/h7,14-15H,4-6,8-10H2,1-3H3. The quantitative estimate of drug-likeness (QED) is 0.854. The molecule has 1 aromatic heterocycles. The fraction of sp³-hybridized carbons (Fsp3) is 0.714.